The number of carbonyl (C=O) groups excluding carboxylic acids is 2. The summed E-state index contributed by atoms with van der Waals surface area (Å²) in [6, 6.07) is 5.34. The molecule has 20 heavy (non-hydrogen) atoms. The normalized spacial score (nSPS) is 16.9. The van der Waals surface area contributed by atoms with E-state index in [-0.39, 0.29) is 11.1 Å². The molecule has 3 rings (SSSR count). The van der Waals surface area contributed by atoms with Crippen LogP contribution in [0, 0.1) is 0 Å². The van der Waals surface area contributed by atoms with Gasteiger partial charge in [-0.3, -0.25) is 4.79 Å². The van der Waals surface area contributed by atoms with Crippen molar-refractivity contribution in [3.8, 4) is 0 Å². The van der Waals surface area contributed by atoms with Crippen LogP contribution in [0.4, 0.5) is 5.69 Å². The first-order chi connectivity index (χ1) is 9.70. The van der Waals surface area contributed by atoms with Gasteiger partial charge in [0.25, 0.3) is 0 Å². The molecule has 5 heteroatoms. The minimum atomic E-state index is -0.382. The third-order valence-electron chi connectivity index (χ3n) is 3.41. The first-order valence-corrected chi connectivity index (χ1v) is 7.12. The minimum absolute atomic E-state index is 0.00627. The van der Waals surface area contributed by atoms with Crippen molar-refractivity contribution >= 4 is 34.3 Å². The van der Waals surface area contributed by atoms with Crippen LogP contribution in [-0.2, 0) is 9.53 Å². The molecule has 0 spiro atoms. The Morgan fingerprint density at radius 1 is 1.40 bits per heavy atom. The van der Waals surface area contributed by atoms with E-state index in [2.05, 4.69) is 4.72 Å². The molecule has 4 nitrogen and oxygen atoms in total. The number of ether oxygens (including phenoxy) is 1. The number of benzene rings is 1. The van der Waals surface area contributed by atoms with Gasteiger partial charge >= 0.3 is 5.97 Å². The molecule has 1 heterocycles. The monoisotopic (exact) mass is 287 g/mol. The van der Waals surface area contributed by atoms with E-state index in [4.69, 9.17) is 4.74 Å². The molecule has 0 radical (unpaired) electrons. The van der Waals surface area contributed by atoms with Crippen LogP contribution < -0.4 is 4.72 Å². The molecule has 0 fully saturated rings. The molecule has 2 aliphatic rings. The van der Waals surface area contributed by atoms with Gasteiger partial charge in [0.15, 0.2) is 0 Å². The van der Waals surface area contributed by atoms with Crippen LogP contribution in [0.5, 0.6) is 0 Å². The molecule has 1 aliphatic carbocycles. The number of hydrogen-bond donors (Lipinski definition) is 1. The van der Waals surface area contributed by atoms with Crippen molar-refractivity contribution in [1.29, 1.82) is 0 Å². The van der Waals surface area contributed by atoms with Crippen molar-refractivity contribution in [2.75, 3.05) is 11.8 Å². The van der Waals surface area contributed by atoms with Gasteiger partial charge in [-0.2, -0.15) is 0 Å². The summed E-state index contributed by atoms with van der Waals surface area (Å²) in [5, 5.41) is 0.00627. The highest BCUT2D eigenvalue weighted by Gasteiger charge is 2.24. The van der Waals surface area contributed by atoms with Gasteiger partial charge in [-0.1, -0.05) is 18.2 Å². The average molecular weight is 287 g/mol. The zero-order valence-corrected chi connectivity index (χ0v) is 11.8. The summed E-state index contributed by atoms with van der Waals surface area (Å²) in [5.41, 5.74) is 4.03. The highest BCUT2D eigenvalue weighted by atomic mass is 32.2. The molecule has 0 bridgehead atoms. The van der Waals surface area contributed by atoms with Crippen LogP contribution in [0.3, 0.4) is 0 Å². The zero-order chi connectivity index (χ0) is 14.1. The van der Waals surface area contributed by atoms with Crippen molar-refractivity contribution in [1.82, 2.24) is 0 Å². The van der Waals surface area contributed by atoms with E-state index < -0.39 is 0 Å². The molecule has 1 aromatic carbocycles. The second kappa shape index (κ2) is 5.17. The molecule has 0 atom stereocenters. The molecular formula is C15H13NO3S. The predicted octanol–water partition coefficient (Wildman–Crippen LogP) is 3.18. The Balaban J connectivity index is 2.12. The Kier molecular flexibility index (Phi) is 3.36. The Labute approximate surface area is 121 Å². The molecular weight excluding hydrogens is 274 g/mol. The standard InChI is InChI=1S/C15H13NO3S/c1-19-14(17)9-6-7-11-10-4-2-3-5-12(10)15(18)20-16-13(11)8-9/h3,5-8,16H,2,4H2,1H3. The molecule has 0 amide bonds. The lowest BCUT2D eigenvalue weighted by atomic mass is 9.90. The summed E-state index contributed by atoms with van der Waals surface area (Å²) < 4.78 is 7.76. The number of rotatable bonds is 1. The van der Waals surface area contributed by atoms with E-state index in [0.717, 1.165) is 47.2 Å². The Morgan fingerprint density at radius 3 is 3.05 bits per heavy atom. The smallest absolute Gasteiger partial charge is 0.337 e. The van der Waals surface area contributed by atoms with E-state index in [1.54, 1.807) is 12.1 Å². The van der Waals surface area contributed by atoms with Crippen LogP contribution in [0.2, 0.25) is 0 Å². The first kappa shape index (κ1) is 13.0. The van der Waals surface area contributed by atoms with Crippen molar-refractivity contribution in [3.63, 3.8) is 0 Å². The highest BCUT2D eigenvalue weighted by molar-refractivity contribution is 8.15. The van der Waals surface area contributed by atoms with Gasteiger partial charge in [0.2, 0.25) is 5.12 Å². The molecule has 0 saturated carbocycles. The quantitative estimate of drug-likeness (QED) is 0.635. The van der Waals surface area contributed by atoms with Crippen LogP contribution in [-0.4, -0.2) is 18.2 Å². The van der Waals surface area contributed by atoms with Gasteiger partial charge in [-0.15, -0.1) is 0 Å². The van der Waals surface area contributed by atoms with Crippen LogP contribution in [0.1, 0.15) is 28.8 Å². The maximum absolute atomic E-state index is 12.1. The number of carbonyl (C=O) groups is 2. The summed E-state index contributed by atoms with van der Waals surface area (Å²) in [5.74, 6) is -0.382. The lowest BCUT2D eigenvalue weighted by Gasteiger charge is -2.14. The summed E-state index contributed by atoms with van der Waals surface area (Å²) in [6.07, 6.45) is 5.67. The first-order valence-electron chi connectivity index (χ1n) is 6.30. The molecule has 1 N–H and O–H groups in total. The van der Waals surface area contributed by atoms with E-state index in [0.29, 0.717) is 5.56 Å². The Hall–Kier alpha value is -2.01. The summed E-state index contributed by atoms with van der Waals surface area (Å²) in [7, 11) is 1.35. The maximum Gasteiger partial charge on any atom is 0.337 e. The van der Waals surface area contributed by atoms with Gasteiger partial charge in [0.1, 0.15) is 0 Å². The predicted molar refractivity (Wildman–Crippen MR) is 79.3 cm³/mol. The number of hydrogen-bond acceptors (Lipinski definition) is 5. The van der Waals surface area contributed by atoms with Gasteiger partial charge in [-0.05, 0) is 30.5 Å². The molecule has 0 unspecified atom stereocenters. The van der Waals surface area contributed by atoms with Crippen LogP contribution in [0.25, 0.3) is 5.57 Å². The lowest BCUT2D eigenvalue weighted by Crippen LogP contribution is -2.03. The Morgan fingerprint density at radius 2 is 2.25 bits per heavy atom. The summed E-state index contributed by atoms with van der Waals surface area (Å²) in [6.45, 7) is 0. The van der Waals surface area contributed by atoms with E-state index in [1.165, 1.54) is 7.11 Å². The molecule has 102 valence electrons. The average Bonchev–Trinajstić information content (AvgIpc) is 2.64. The third-order valence-corrected chi connectivity index (χ3v) is 4.14. The fraction of sp³-hybridized carbons (Fsp3) is 0.200. The van der Waals surface area contributed by atoms with Crippen molar-refractivity contribution in [2.45, 2.75) is 12.8 Å². The second-order valence-electron chi connectivity index (χ2n) is 4.58. The van der Waals surface area contributed by atoms with Crippen molar-refractivity contribution in [2.24, 2.45) is 0 Å². The largest absolute Gasteiger partial charge is 0.465 e. The van der Waals surface area contributed by atoms with Crippen LogP contribution in [0.15, 0.2) is 35.9 Å². The van der Waals surface area contributed by atoms with E-state index in [9.17, 15) is 9.59 Å². The van der Waals surface area contributed by atoms with Gasteiger partial charge in [-0.25, -0.2) is 4.79 Å². The molecule has 0 aromatic heterocycles. The minimum Gasteiger partial charge on any atom is -0.465 e. The van der Waals surface area contributed by atoms with Gasteiger partial charge < -0.3 is 9.46 Å². The van der Waals surface area contributed by atoms with Gasteiger partial charge in [0, 0.05) is 23.1 Å². The van der Waals surface area contributed by atoms with Crippen molar-refractivity contribution in [3.05, 3.63) is 47.1 Å². The van der Waals surface area contributed by atoms with Gasteiger partial charge in [0.05, 0.1) is 18.4 Å². The lowest BCUT2D eigenvalue weighted by molar-refractivity contribution is -0.107. The van der Waals surface area contributed by atoms with E-state index in [1.807, 2.05) is 18.2 Å². The molecule has 0 saturated heterocycles. The number of esters is 1. The topological polar surface area (TPSA) is 55.4 Å². The SMILES string of the molecule is COC(=O)c1ccc2c(c1)NSC(=O)C1=C2CCC=C1. The van der Waals surface area contributed by atoms with Crippen LogP contribution >= 0.6 is 11.9 Å². The van der Waals surface area contributed by atoms with E-state index >= 15 is 0 Å². The summed E-state index contributed by atoms with van der Waals surface area (Å²) >= 11 is 1.05. The number of methoxy groups -OCH3 is 1. The number of fused-ring (bicyclic) bond motifs is 2. The maximum atomic E-state index is 12.1. The third kappa shape index (κ3) is 2.14. The summed E-state index contributed by atoms with van der Waals surface area (Å²) in [4.78, 5) is 23.7. The molecule has 1 aromatic rings. The fourth-order valence-electron chi connectivity index (χ4n) is 2.43. The Bertz CT molecular complexity index is 661. The number of anilines is 1. The highest BCUT2D eigenvalue weighted by Crippen LogP contribution is 2.39. The fourth-order valence-corrected chi connectivity index (χ4v) is 3.10. The molecule has 1 aliphatic heterocycles. The zero-order valence-electron chi connectivity index (χ0n) is 10.9. The number of allylic oxidation sites excluding steroid dienone is 3. The number of nitrogens with one attached hydrogen (secondary N) is 1. The van der Waals surface area contributed by atoms with Crippen molar-refractivity contribution < 1.29 is 14.3 Å². The second-order valence-corrected chi connectivity index (χ2v) is 5.36.